The van der Waals surface area contributed by atoms with E-state index < -0.39 is 10.0 Å². The third-order valence-electron chi connectivity index (χ3n) is 3.93. The van der Waals surface area contributed by atoms with Crippen LogP contribution >= 0.6 is 0 Å². The zero-order chi connectivity index (χ0) is 17.0. The van der Waals surface area contributed by atoms with Gasteiger partial charge in [0.05, 0.1) is 16.8 Å². The Morgan fingerprint density at radius 3 is 2.54 bits per heavy atom. The van der Waals surface area contributed by atoms with Gasteiger partial charge in [-0.25, -0.2) is 18.1 Å². The van der Waals surface area contributed by atoms with Gasteiger partial charge in [-0.3, -0.25) is 0 Å². The zero-order valence-electron chi connectivity index (χ0n) is 13.6. The summed E-state index contributed by atoms with van der Waals surface area (Å²) in [5, 5.41) is 0. The Labute approximate surface area is 142 Å². The second-order valence-electron chi connectivity index (χ2n) is 5.79. The molecule has 3 aromatic rings. The quantitative estimate of drug-likeness (QED) is 0.671. The molecule has 0 aliphatic rings. The third kappa shape index (κ3) is 4.01. The van der Waals surface area contributed by atoms with Crippen molar-refractivity contribution in [3.8, 4) is 0 Å². The monoisotopic (exact) mass is 343 g/mol. The van der Waals surface area contributed by atoms with Gasteiger partial charge in [-0.05, 0) is 31.0 Å². The van der Waals surface area contributed by atoms with Crippen LogP contribution < -0.4 is 4.72 Å². The second-order valence-corrected chi connectivity index (χ2v) is 7.60. The van der Waals surface area contributed by atoms with E-state index in [0.29, 0.717) is 6.54 Å². The van der Waals surface area contributed by atoms with Crippen molar-refractivity contribution in [2.75, 3.05) is 6.54 Å². The lowest BCUT2D eigenvalue weighted by Gasteiger charge is -2.09. The van der Waals surface area contributed by atoms with Crippen LogP contribution in [0.3, 0.4) is 0 Å². The Balaban J connectivity index is 1.56. The molecule has 0 saturated heterocycles. The number of imidazole rings is 1. The van der Waals surface area contributed by atoms with Gasteiger partial charge in [0.25, 0.3) is 0 Å². The molecule has 0 saturated carbocycles. The summed E-state index contributed by atoms with van der Waals surface area (Å²) in [5.74, 6) is 0.962. The molecule has 0 atom stereocenters. The number of benzene rings is 2. The van der Waals surface area contributed by atoms with Gasteiger partial charge in [-0.2, -0.15) is 0 Å². The van der Waals surface area contributed by atoms with Gasteiger partial charge < -0.3 is 4.57 Å². The summed E-state index contributed by atoms with van der Waals surface area (Å²) in [6.07, 6.45) is 0.717. The van der Waals surface area contributed by atoms with Crippen LogP contribution in [0.1, 0.15) is 17.8 Å². The minimum absolute atomic E-state index is 0.0148. The maximum atomic E-state index is 12.1. The molecule has 3 rings (SSSR count). The van der Waals surface area contributed by atoms with E-state index in [4.69, 9.17) is 0 Å². The average Bonchev–Trinajstić information content (AvgIpc) is 2.87. The van der Waals surface area contributed by atoms with Gasteiger partial charge in [0.1, 0.15) is 5.82 Å². The molecule has 0 spiro atoms. The minimum Gasteiger partial charge on any atom is -0.328 e. The number of fused-ring (bicyclic) bond motifs is 1. The number of hydrogen-bond acceptors (Lipinski definition) is 3. The Morgan fingerprint density at radius 1 is 1.04 bits per heavy atom. The number of aromatic nitrogens is 2. The van der Waals surface area contributed by atoms with Gasteiger partial charge in [0.15, 0.2) is 0 Å². The summed E-state index contributed by atoms with van der Waals surface area (Å²) in [6.45, 7) is 3.13. The molecule has 0 amide bonds. The molecule has 2 aromatic carbocycles. The van der Waals surface area contributed by atoms with E-state index >= 15 is 0 Å². The van der Waals surface area contributed by atoms with Gasteiger partial charge in [0.2, 0.25) is 10.0 Å². The van der Waals surface area contributed by atoms with Gasteiger partial charge >= 0.3 is 0 Å². The molecule has 1 heterocycles. The third-order valence-corrected chi connectivity index (χ3v) is 5.28. The first-order valence-corrected chi connectivity index (χ1v) is 9.63. The molecule has 5 nitrogen and oxygen atoms in total. The molecule has 0 bridgehead atoms. The summed E-state index contributed by atoms with van der Waals surface area (Å²) >= 11 is 0. The van der Waals surface area contributed by atoms with Crippen LogP contribution in [0.15, 0.2) is 54.6 Å². The Kier molecular flexibility index (Phi) is 4.97. The van der Waals surface area contributed by atoms with Crippen LogP contribution in [0, 0.1) is 6.92 Å². The smallest absolute Gasteiger partial charge is 0.215 e. The molecule has 0 aliphatic carbocycles. The van der Waals surface area contributed by atoms with E-state index in [2.05, 4.69) is 14.3 Å². The highest BCUT2D eigenvalue weighted by atomic mass is 32.2. The molecule has 0 aliphatic heterocycles. The standard InChI is InChI=1S/C18H21N3O2S/c1-15-20-17-10-5-6-11-18(17)21(15)13-7-12-19-24(22,23)14-16-8-3-2-4-9-16/h2-6,8-11,19H,7,12-14H2,1H3. The van der Waals surface area contributed by atoms with E-state index in [1.54, 1.807) is 0 Å². The topological polar surface area (TPSA) is 64.0 Å². The van der Waals surface area contributed by atoms with Crippen molar-refractivity contribution >= 4 is 21.1 Å². The van der Waals surface area contributed by atoms with Crippen molar-refractivity contribution in [2.24, 2.45) is 0 Å². The van der Waals surface area contributed by atoms with Crippen LogP contribution in [-0.4, -0.2) is 24.5 Å². The number of aryl methyl sites for hydroxylation is 2. The second kappa shape index (κ2) is 7.15. The Morgan fingerprint density at radius 2 is 1.75 bits per heavy atom. The number of nitrogens with zero attached hydrogens (tertiary/aromatic N) is 2. The molecule has 24 heavy (non-hydrogen) atoms. The van der Waals surface area contributed by atoms with Crippen molar-refractivity contribution in [1.82, 2.24) is 14.3 Å². The van der Waals surface area contributed by atoms with Crippen LogP contribution in [-0.2, 0) is 22.3 Å². The maximum absolute atomic E-state index is 12.1. The van der Waals surface area contributed by atoms with E-state index in [0.717, 1.165) is 35.4 Å². The van der Waals surface area contributed by atoms with Crippen LogP contribution in [0.25, 0.3) is 11.0 Å². The molecule has 6 heteroatoms. The Bertz CT molecular complexity index is 918. The summed E-state index contributed by atoms with van der Waals surface area (Å²) in [7, 11) is -3.30. The fraction of sp³-hybridized carbons (Fsp3) is 0.278. The summed E-state index contributed by atoms with van der Waals surface area (Å²) < 4.78 is 29.0. The number of sulfonamides is 1. The first-order chi connectivity index (χ1) is 11.6. The van der Waals surface area contributed by atoms with Crippen molar-refractivity contribution in [1.29, 1.82) is 0 Å². The molecule has 1 N–H and O–H groups in total. The molecule has 0 unspecified atom stereocenters. The summed E-state index contributed by atoms with van der Waals surface area (Å²) in [5.41, 5.74) is 2.85. The lowest BCUT2D eigenvalue weighted by Crippen LogP contribution is -2.27. The van der Waals surface area contributed by atoms with E-state index in [9.17, 15) is 8.42 Å². The molecule has 0 radical (unpaired) electrons. The molecule has 1 aromatic heterocycles. The zero-order valence-corrected chi connectivity index (χ0v) is 14.5. The largest absolute Gasteiger partial charge is 0.328 e. The van der Waals surface area contributed by atoms with Crippen molar-refractivity contribution in [3.63, 3.8) is 0 Å². The van der Waals surface area contributed by atoms with Gasteiger partial charge in [-0.15, -0.1) is 0 Å². The number of rotatable bonds is 7. The molecule has 0 fully saturated rings. The summed E-state index contributed by atoms with van der Waals surface area (Å²) in [6, 6.07) is 17.2. The number of para-hydroxylation sites is 2. The van der Waals surface area contributed by atoms with Crippen molar-refractivity contribution in [3.05, 3.63) is 66.0 Å². The predicted molar refractivity (Wildman–Crippen MR) is 96.2 cm³/mol. The van der Waals surface area contributed by atoms with E-state index in [1.165, 1.54) is 0 Å². The van der Waals surface area contributed by atoms with Crippen molar-refractivity contribution < 1.29 is 8.42 Å². The molecule has 126 valence electrons. The fourth-order valence-electron chi connectivity index (χ4n) is 2.79. The maximum Gasteiger partial charge on any atom is 0.215 e. The normalized spacial score (nSPS) is 11.9. The summed E-state index contributed by atoms with van der Waals surface area (Å²) in [4.78, 5) is 4.52. The number of hydrogen-bond donors (Lipinski definition) is 1. The highest BCUT2D eigenvalue weighted by Crippen LogP contribution is 2.15. The lowest BCUT2D eigenvalue weighted by atomic mass is 10.2. The van der Waals surface area contributed by atoms with Gasteiger partial charge in [-0.1, -0.05) is 42.5 Å². The average molecular weight is 343 g/mol. The molecular formula is C18H21N3O2S. The molecular weight excluding hydrogens is 322 g/mol. The predicted octanol–water partition coefficient (Wildman–Crippen LogP) is 2.85. The Hall–Kier alpha value is -2.18. The number of nitrogens with one attached hydrogen (secondary N) is 1. The highest BCUT2D eigenvalue weighted by molar-refractivity contribution is 7.88. The van der Waals surface area contributed by atoms with Crippen molar-refractivity contribution in [2.45, 2.75) is 25.6 Å². The van der Waals surface area contributed by atoms with Crippen LogP contribution in [0.5, 0.6) is 0 Å². The SMILES string of the molecule is Cc1nc2ccccc2n1CCCNS(=O)(=O)Cc1ccccc1. The van der Waals surface area contributed by atoms with Gasteiger partial charge in [0, 0.05) is 13.1 Å². The highest BCUT2D eigenvalue weighted by Gasteiger charge is 2.11. The first kappa shape index (κ1) is 16.7. The lowest BCUT2D eigenvalue weighted by molar-refractivity contribution is 0.569. The van der Waals surface area contributed by atoms with E-state index in [-0.39, 0.29) is 5.75 Å². The fourth-order valence-corrected chi connectivity index (χ4v) is 3.98. The minimum atomic E-state index is -3.30. The van der Waals surface area contributed by atoms with Crippen LogP contribution in [0.4, 0.5) is 0 Å². The van der Waals surface area contributed by atoms with Crippen LogP contribution in [0.2, 0.25) is 0 Å². The van der Waals surface area contributed by atoms with E-state index in [1.807, 2.05) is 61.5 Å². The first-order valence-electron chi connectivity index (χ1n) is 7.98.